The molecule has 0 atom stereocenters. The van der Waals surface area contributed by atoms with Crippen molar-refractivity contribution in [3.8, 4) is 0 Å². The Morgan fingerprint density at radius 1 is 0.889 bits per heavy atom. The summed E-state index contributed by atoms with van der Waals surface area (Å²) >= 11 is 0. The quantitative estimate of drug-likeness (QED) is 0.395. The normalized spacial score (nSPS) is 9.56. The Bertz CT molecular complexity index is 159. The van der Waals surface area contributed by atoms with Crippen LogP contribution in [0.5, 0.6) is 0 Å². The average molecular weight is 268 g/mol. The highest BCUT2D eigenvalue weighted by Gasteiger charge is 1.91. The highest BCUT2D eigenvalue weighted by atomic mass is 16.6. The number of hydrogen-bond donors (Lipinski definition) is 2. The largest absolute Gasteiger partial charge is 0.463 e. The van der Waals surface area contributed by atoms with Crippen LogP contribution in [0.2, 0.25) is 0 Å². The fourth-order valence-corrected chi connectivity index (χ4v) is 0.720. The lowest BCUT2D eigenvalue weighted by molar-refractivity contribution is -0.142. The number of esters is 1. The molecule has 18 heavy (non-hydrogen) atoms. The van der Waals surface area contributed by atoms with Gasteiger partial charge in [0.05, 0.1) is 46.2 Å². The fraction of sp³-hybridized carbons (Fsp3) is 0.909. The first kappa shape index (κ1) is 19.6. The summed E-state index contributed by atoms with van der Waals surface area (Å²) in [7, 11) is 1.61. The molecule has 0 aromatic carbocycles. The van der Waals surface area contributed by atoms with E-state index in [1.165, 1.54) is 6.92 Å². The van der Waals surface area contributed by atoms with Crippen LogP contribution in [0, 0.1) is 0 Å². The van der Waals surface area contributed by atoms with Gasteiger partial charge in [0.15, 0.2) is 0 Å². The zero-order valence-corrected chi connectivity index (χ0v) is 11.1. The molecule has 0 spiro atoms. The minimum absolute atomic E-state index is 0.0278. The average Bonchev–Trinajstić information content (AvgIpc) is 2.35. The van der Waals surface area contributed by atoms with Crippen molar-refractivity contribution in [2.75, 3.05) is 60.0 Å². The molecule has 0 heterocycles. The minimum Gasteiger partial charge on any atom is -0.463 e. The Hall–Kier alpha value is -0.730. The molecule has 0 amide bonds. The summed E-state index contributed by atoms with van der Waals surface area (Å²) in [5.74, 6) is -0.277. The van der Waals surface area contributed by atoms with E-state index in [0.29, 0.717) is 39.6 Å². The molecule has 0 saturated heterocycles. The second-order valence-corrected chi connectivity index (χ2v) is 3.00. The molecule has 2 N–H and O–H groups in total. The van der Waals surface area contributed by atoms with Gasteiger partial charge in [0, 0.05) is 14.0 Å². The van der Waals surface area contributed by atoms with E-state index in [1.54, 1.807) is 7.11 Å². The van der Waals surface area contributed by atoms with Gasteiger partial charge in [-0.05, 0) is 0 Å². The van der Waals surface area contributed by atoms with Crippen LogP contribution in [-0.2, 0) is 23.7 Å². The molecule has 0 fully saturated rings. The molecule has 0 radical (unpaired) electrons. The van der Waals surface area contributed by atoms with Crippen LogP contribution < -0.4 is 0 Å². The van der Waals surface area contributed by atoms with Crippen molar-refractivity contribution in [3.05, 3.63) is 0 Å². The van der Waals surface area contributed by atoms with Crippen molar-refractivity contribution in [2.24, 2.45) is 0 Å². The van der Waals surface area contributed by atoms with Crippen LogP contribution in [0.3, 0.4) is 0 Å². The van der Waals surface area contributed by atoms with E-state index in [1.807, 2.05) is 0 Å². The van der Waals surface area contributed by atoms with Gasteiger partial charge >= 0.3 is 5.97 Å². The van der Waals surface area contributed by atoms with Crippen LogP contribution in [0.15, 0.2) is 0 Å². The Balaban J connectivity index is 0. The van der Waals surface area contributed by atoms with Crippen LogP contribution in [-0.4, -0.2) is 76.1 Å². The summed E-state index contributed by atoms with van der Waals surface area (Å²) in [5, 5.41) is 16.2. The van der Waals surface area contributed by atoms with E-state index < -0.39 is 0 Å². The molecule has 0 saturated carbocycles. The predicted octanol–water partition coefficient (Wildman–Crippen LogP) is -0.800. The Kier molecular flexibility index (Phi) is 20.3. The minimum atomic E-state index is -0.277. The molecular formula is C11H24O7. The number of ether oxygens (including phenoxy) is 4. The summed E-state index contributed by atoms with van der Waals surface area (Å²) in [6.45, 7) is 3.93. The lowest BCUT2D eigenvalue weighted by Gasteiger charge is -2.02. The number of hydrogen-bond acceptors (Lipinski definition) is 7. The third-order valence-electron chi connectivity index (χ3n) is 1.44. The zero-order valence-electron chi connectivity index (χ0n) is 11.1. The summed E-state index contributed by atoms with van der Waals surface area (Å²) in [5.41, 5.74) is 0. The number of carbonyl (C=O) groups is 1. The SMILES string of the molecule is COCCOCCOC(C)=O.OCCOCCO. The van der Waals surface area contributed by atoms with Crippen LogP contribution in [0.4, 0.5) is 0 Å². The number of aliphatic hydroxyl groups excluding tert-OH is 2. The lowest BCUT2D eigenvalue weighted by Crippen LogP contribution is -2.10. The molecule has 0 rings (SSSR count). The molecular weight excluding hydrogens is 244 g/mol. The number of carbonyl (C=O) groups excluding carboxylic acids is 1. The standard InChI is InChI=1S/C7H14O4.C4H10O3/c1-7(8)11-6-5-10-4-3-9-2;5-1-3-7-4-2-6/h3-6H2,1-2H3;5-6H,1-4H2. The first-order valence-electron chi connectivity index (χ1n) is 5.68. The van der Waals surface area contributed by atoms with Crippen molar-refractivity contribution < 1.29 is 34.0 Å². The van der Waals surface area contributed by atoms with Gasteiger partial charge in [0.2, 0.25) is 0 Å². The van der Waals surface area contributed by atoms with Crippen molar-refractivity contribution in [1.29, 1.82) is 0 Å². The predicted molar refractivity (Wildman–Crippen MR) is 64.3 cm³/mol. The van der Waals surface area contributed by atoms with Gasteiger partial charge in [-0.1, -0.05) is 0 Å². The lowest BCUT2D eigenvalue weighted by atomic mass is 10.7. The molecule has 0 unspecified atom stereocenters. The molecule has 0 aromatic heterocycles. The number of methoxy groups -OCH3 is 1. The van der Waals surface area contributed by atoms with Crippen LogP contribution in [0.1, 0.15) is 6.92 Å². The molecule has 0 aliphatic heterocycles. The van der Waals surface area contributed by atoms with E-state index in [2.05, 4.69) is 9.47 Å². The maximum atomic E-state index is 10.2. The Labute approximate surface area is 108 Å². The molecule has 0 aliphatic rings. The highest BCUT2D eigenvalue weighted by Crippen LogP contribution is 1.79. The van der Waals surface area contributed by atoms with E-state index in [9.17, 15) is 4.79 Å². The Morgan fingerprint density at radius 3 is 1.83 bits per heavy atom. The van der Waals surface area contributed by atoms with Crippen LogP contribution in [0.25, 0.3) is 0 Å². The zero-order chi connectivity index (χ0) is 14.1. The van der Waals surface area contributed by atoms with E-state index in [-0.39, 0.29) is 19.2 Å². The summed E-state index contributed by atoms with van der Waals surface area (Å²) < 4.78 is 19.0. The van der Waals surface area contributed by atoms with Gasteiger partial charge in [0.1, 0.15) is 6.61 Å². The maximum absolute atomic E-state index is 10.2. The Morgan fingerprint density at radius 2 is 1.39 bits per heavy atom. The van der Waals surface area contributed by atoms with Gasteiger partial charge < -0.3 is 29.2 Å². The van der Waals surface area contributed by atoms with Crippen molar-refractivity contribution in [1.82, 2.24) is 0 Å². The maximum Gasteiger partial charge on any atom is 0.302 e. The first-order valence-corrected chi connectivity index (χ1v) is 5.68. The number of rotatable bonds is 10. The third-order valence-corrected chi connectivity index (χ3v) is 1.44. The first-order chi connectivity index (χ1) is 8.68. The number of aliphatic hydroxyl groups is 2. The second-order valence-electron chi connectivity index (χ2n) is 3.00. The topological polar surface area (TPSA) is 94.5 Å². The van der Waals surface area contributed by atoms with Gasteiger partial charge in [-0.3, -0.25) is 4.79 Å². The van der Waals surface area contributed by atoms with E-state index in [0.717, 1.165) is 0 Å². The van der Waals surface area contributed by atoms with Gasteiger partial charge in [-0.15, -0.1) is 0 Å². The van der Waals surface area contributed by atoms with Crippen molar-refractivity contribution in [2.45, 2.75) is 6.92 Å². The summed E-state index contributed by atoms with van der Waals surface area (Å²) in [6, 6.07) is 0. The van der Waals surface area contributed by atoms with Crippen molar-refractivity contribution >= 4 is 5.97 Å². The third kappa shape index (κ3) is 24.5. The second kappa shape index (κ2) is 18.6. The van der Waals surface area contributed by atoms with Crippen LogP contribution >= 0.6 is 0 Å². The summed E-state index contributed by atoms with van der Waals surface area (Å²) in [6.07, 6.45) is 0. The van der Waals surface area contributed by atoms with Gasteiger partial charge in [0.25, 0.3) is 0 Å². The molecule has 0 aliphatic carbocycles. The summed E-state index contributed by atoms with van der Waals surface area (Å²) in [4.78, 5) is 10.2. The molecule has 0 aromatic rings. The molecule has 0 bridgehead atoms. The van der Waals surface area contributed by atoms with Gasteiger partial charge in [-0.25, -0.2) is 0 Å². The monoisotopic (exact) mass is 268 g/mol. The molecule has 7 heteroatoms. The molecule has 110 valence electrons. The highest BCUT2D eigenvalue weighted by molar-refractivity contribution is 5.65. The fourth-order valence-electron chi connectivity index (χ4n) is 0.720. The van der Waals surface area contributed by atoms with E-state index in [4.69, 9.17) is 19.7 Å². The van der Waals surface area contributed by atoms with Crippen molar-refractivity contribution in [3.63, 3.8) is 0 Å². The van der Waals surface area contributed by atoms with Gasteiger partial charge in [-0.2, -0.15) is 0 Å². The molecule has 7 nitrogen and oxygen atoms in total. The smallest absolute Gasteiger partial charge is 0.302 e. The van der Waals surface area contributed by atoms with E-state index >= 15 is 0 Å².